The van der Waals surface area contributed by atoms with Crippen molar-refractivity contribution in [2.45, 2.75) is 24.7 Å². The molecule has 2 heteroatoms. The van der Waals surface area contributed by atoms with Gasteiger partial charge in [-0.25, -0.2) is 0 Å². The van der Waals surface area contributed by atoms with Gasteiger partial charge in [0.2, 0.25) is 0 Å². The number of halogens is 1. The average Bonchev–Trinajstić information content (AvgIpc) is 3.31. The zero-order chi connectivity index (χ0) is 28.5. The first kappa shape index (κ1) is 25.3. The van der Waals surface area contributed by atoms with Crippen molar-refractivity contribution >= 4 is 33.0 Å². The number of para-hydroxylation sites is 2. The lowest BCUT2D eigenvalue weighted by molar-refractivity contribution is 0.631. The Morgan fingerprint density at radius 2 is 1.05 bits per heavy atom. The van der Waals surface area contributed by atoms with Gasteiger partial charge < -0.3 is 4.90 Å². The lowest BCUT2D eigenvalue weighted by Crippen LogP contribution is -2.32. The van der Waals surface area contributed by atoms with Crippen LogP contribution >= 0.6 is 15.9 Å². The van der Waals surface area contributed by atoms with Crippen LogP contribution in [0, 0.1) is 0 Å². The van der Waals surface area contributed by atoms with Gasteiger partial charge in [0.15, 0.2) is 0 Å². The smallest absolute Gasteiger partial charge is 0.0714 e. The van der Waals surface area contributed by atoms with Crippen LogP contribution in [0.4, 0.5) is 17.1 Å². The maximum Gasteiger partial charge on any atom is 0.0714 e. The van der Waals surface area contributed by atoms with Gasteiger partial charge in [0.25, 0.3) is 0 Å². The highest BCUT2D eigenvalue weighted by atomic mass is 79.9. The van der Waals surface area contributed by atoms with Gasteiger partial charge in [-0.1, -0.05) is 133 Å². The first-order valence-electron chi connectivity index (χ1n) is 14.6. The van der Waals surface area contributed by atoms with E-state index in [0.29, 0.717) is 0 Å². The normalized spacial score (nSPS) is 15.4. The number of hydrogen-bond donors (Lipinski definition) is 0. The summed E-state index contributed by atoms with van der Waals surface area (Å²) >= 11 is 3.84. The molecular formula is C40H30BrN. The van der Waals surface area contributed by atoms with E-state index < -0.39 is 5.41 Å². The fourth-order valence-corrected chi connectivity index (χ4v) is 7.87. The largest absolute Gasteiger partial charge is 0.310 e. The quantitative estimate of drug-likeness (QED) is 0.194. The summed E-state index contributed by atoms with van der Waals surface area (Å²) in [5.41, 5.74) is 13.5. The number of fused-ring (bicyclic) bond motifs is 5. The third kappa shape index (κ3) is 3.42. The standard InChI is InChI=1S/C40H30BrN/c1-39(2)33-20-12-13-21-37(33)42(30-18-10-5-11-19-30)38-26-35-32(25-36(38)39)31-23-22-29(41)24-34(31)40(35,27-14-6-3-7-15-27)28-16-8-4-9-17-28/h3-26H,1-2H3. The maximum absolute atomic E-state index is 3.84. The number of hydrogen-bond acceptors (Lipinski definition) is 1. The summed E-state index contributed by atoms with van der Waals surface area (Å²) < 4.78 is 1.09. The second-order valence-electron chi connectivity index (χ2n) is 11.9. The zero-order valence-electron chi connectivity index (χ0n) is 23.7. The molecule has 6 aromatic rings. The molecule has 0 aromatic heterocycles. The molecule has 202 valence electrons. The van der Waals surface area contributed by atoms with Crippen molar-refractivity contribution in [3.8, 4) is 11.1 Å². The number of anilines is 3. The molecule has 1 aliphatic carbocycles. The molecular weight excluding hydrogens is 574 g/mol. The first-order valence-corrected chi connectivity index (χ1v) is 15.4. The summed E-state index contributed by atoms with van der Waals surface area (Å²) in [4.78, 5) is 2.47. The minimum Gasteiger partial charge on any atom is -0.310 e. The average molecular weight is 605 g/mol. The van der Waals surface area contributed by atoms with Crippen LogP contribution < -0.4 is 4.90 Å². The van der Waals surface area contributed by atoms with E-state index in [9.17, 15) is 0 Å². The van der Waals surface area contributed by atoms with Gasteiger partial charge >= 0.3 is 0 Å². The van der Waals surface area contributed by atoms with Crippen LogP contribution in [0.15, 0.2) is 150 Å². The van der Waals surface area contributed by atoms with E-state index in [0.717, 1.165) is 4.47 Å². The Kier molecular flexibility index (Phi) is 5.61. The van der Waals surface area contributed by atoms with E-state index in [1.165, 1.54) is 61.6 Å². The molecule has 0 N–H and O–H groups in total. The molecule has 1 nitrogen and oxygen atoms in total. The van der Waals surface area contributed by atoms with E-state index in [2.05, 4.69) is 180 Å². The predicted octanol–water partition coefficient (Wildman–Crippen LogP) is 10.9. The highest BCUT2D eigenvalue weighted by Gasteiger charge is 2.48. The lowest BCUT2D eigenvalue weighted by Gasteiger charge is -2.43. The molecule has 0 spiro atoms. The van der Waals surface area contributed by atoms with Crippen LogP contribution in [0.5, 0.6) is 0 Å². The zero-order valence-corrected chi connectivity index (χ0v) is 25.3. The highest BCUT2D eigenvalue weighted by molar-refractivity contribution is 9.10. The number of benzene rings is 6. The van der Waals surface area contributed by atoms with Crippen molar-refractivity contribution in [2.75, 3.05) is 4.90 Å². The molecule has 0 radical (unpaired) electrons. The molecule has 0 bridgehead atoms. The van der Waals surface area contributed by atoms with Crippen LogP contribution in [0.1, 0.15) is 47.2 Å². The van der Waals surface area contributed by atoms with Crippen LogP contribution in [0.25, 0.3) is 11.1 Å². The second-order valence-corrected chi connectivity index (χ2v) is 12.8. The van der Waals surface area contributed by atoms with Crippen molar-refractivity contribution in [2.24, 2.45) is 0 Å². The molecule has 1 heterocycles. The van der Waals surface area contributed by atoms with E-state index in [1.54, 1.807) is 0 Å². The Hall–Kier alpha value is -4.40. The Morgan fingerprint density at radius 3 is 1.71 bits per heavy atom. The van der Waals surface area contributed by atoms with Crippen molar-refractivity contribution < 1.29 is 0 Å². The summed E-state index contributed by atoms with van der Waals surface area (Å²) in [7, 11) is 0. The van der Waals surface area contributed by atoms with Crippen LogP contribution in [-0.4, -0.2) is 0 Å². The second kappa shape index (κ2) is 9.31. The Bertz CT molecular complexity index is 1920. The van der Waals surface area contributed by atoms with Gasteiger partial charge in [-0.2, -0.15) is 0 Å². The van der Waals surface area contributed by atoms with Crippen molar-refractivity contribution in [3.63, 3.8) is 0 Å². The molecule has 2 aliphatic rings. The van der Waals surface area contributed by atoms with Crippen LogP contribution in [-0.2, 0) is 10.8 Å². The van der Waals surface area contributed by atoms with E-state index in [-0.39, 0.29) is 5.41 Å². The van der Waals surface area contributed by atoms with Gasteiger partial charge in [0.05, 0.1) is 16.8 Å². The minimum absolute atomic E-state index is 0.174. The monoisotopic (exact) mass is 603 g/mol. The van der Waals surface area contributed by atoms with Crippen molar-refractivity contribution in [1.82, 2.24) is 0 Å². The summed E-state index contributed by atoms with van der Waals surface area (Å²) in [5.74, 6) is 0. The minimum atomic E-state index is -0.463. The van der Waals surface area contributed by atoms with Crippen molar-refractivity contribution in [1.29, 1.82) is 0 Å². The Labute approximate surface area is 256 Å². The first-order chi connectivity index (χ1) is 20.5. The molecule has 0 unspecified atom stereocenters. The fourth-order valence-electron chi connectivity index (χ4n) is 7.51. The molecule has 42 heavy (non-hydrogen) atoms. The SMILES string of the molecule is CC1(C)c2ccccc2N(c2ccccc2)c2cc3c(cc21)-c1ccc(Br)cc1C3(c1ccccc1)c1ccccc1. The molecule has 6 aromatic carbocycles. The molecule has 0 atom stereocenters. The Morgan fingerprint density at radius 1 is 0.476 bits per heavy atom. The van der Waals surface area contributed by atoms with Gasteiger partial charge in [0, 0.05) is 15.6 Å². The van der Waals surface area contributed by atoms with Gasteiger partial charge in [-0.05, 0) is 87.0 Å². The Balaban J connectivity index is 1.53. The van der Waals surface area contributed by atoms with E-state index >= 15 is 0 Å². The molecule has 0 amide bonds. The van der Waals surface area contributed by atoms with Gasteiger partial charge in [-0.3, -0.25) is 0 Å². The van der Waals surface area contributed by atoms with Gasteiger partial charge in [-0.15, -0.1) is 0 Å². The molecule has 1 aliphatic heterocycles. The number of rotatable bonds is 3. The van der Waals surface area contributed by atoms with Crippen LogP contribution in [0.2, 0.25) is 0 Å². The summed E-state index contributed by atoms with van der Waals surface area (Å²) in [6.45, 7) is 4.75. The summed E-state index contributed by atoms with van der Waals surface area (Å²) in [6.07, 6.45) is 0. The molecule has 0 fully saturated rings. The topological polar surface area (TPSA) is 3.24 Å². The summed E-state index contributed by atoms with van der Waals surface area (Å²) in [6, 6.07) is 53.6. The fraction of sp³-hybridized carbons (Fsp3) is 0.100. The molecule has 0 saturated carbocycles. The molecule has 8 rings (SSSR count). The summed E-state index contributed by atoms with van der Waals surface area (Å²) in [5, 5.41) is 0. The third-order valence-corrected chi connectivity index (χ3v) is 9.87. The molecule has 0 saturated heterocycles. The van der Waals surface area contributed by atoms with E-state index in [4.69, 9.17) is 0 Å². The maximum atomic E-state index is 3.84. The third-order valence-electron chi connectivity index (χ3n) is 9.38. The van der Waals surface area contributed by atoms with Gasteiger partial charge in [0.1, 0.15) is 0 Å². The van der Waals surface area contributed by atoms with Crippen molar-refractivity contribution in [3.05, 3.63) is 183 Å². The highest BCUT2D eigenvalue weighted by Crippen LogP contribution is 2.61. The lowest BCUT2D eigenvalue weighted by atomic mass is 9.66. The predicted molar refractivity (Wildman–Crippen MR) is 178 cm³/mol. The van der Waals surface area contributed by atoms with E-state index in [1.807, 2.05) is 0 Å². The number of nitrogens with zero attached hydrogens (tertiary/aromatic N) is 1. The van der Waals surface area contributed by atoms with Crippen LogP contribution in [0.3, 0.4) is 0 Å².